The number of anilines is 1. The first-order valence-electron chi connectivity index (χ1n) is 14.8. The second-order valence-corrected chi connectivity index (χ2v) is 12.8. The Morgan fingerprint density at radius 2 is 1.59 bits per heavy atom. The number of para-hydroxylation sites is 2. The highest BCUT2D eigenvalue weighted by Crippen LogP contribution is 2.47. The van der Waals surface area contributed by atoms with E-state index in [1.807, 2.05) is 0 Å². The number of nitrogens with zero attached hydrogens (tertiary/aromatic N) is 3. The molecule has 0 radical (unpaired) electrons. The Morgan fingerprint density at radius 3 is 2.27 bits per heavy atom. The summed E-state index contributed by atoms with van der Waals surface area (Å²) in [6.07, 6.45) is 12.9. The molecule has 0 amide bonds. The van der Waals surface area contributed by atoms with E-state index in [4.69, 9.17) is 0 Å². The van der Waals surface area contributed by atoms with Crippen molar-refractivity contribution in [2.75, 3.05) is 46.2 Å². The summed E-state index contributed by atoms with van der Waals surface area (Å²) >= 11 is 0. The second kappa shape index (κ2) is 12.3. The molecule has 2 aliphatic heterocycles. The predicted molar refractivity (Wildman–Crippen MR) is 171 cm³/mol. The van der Waals surface area contributed by atoms with Gasteiger partial charge in [0.15, 0.2) is 5.71 Å². The van der Waals surface area contributed by atoms with Gasteiger partial charge in [-0.3, -0.25) is 0 Å². The van der Waals surface area contributed by atoms with Crippen molar-refractivity contribution in [3.63, 3.8) is 0 Å². The molecule has 5 rings (SSSR count). The van der Waals surface area contributed by atoms with Gasteiger partial charge in [-0.2, -0.15) is 4.58 Å². The number of likely N-dealkylation sites (N-methyl/N-ethyl adjacent to an activating group) is 2. The smallest absolute Gasteiger partial charge is 0.209 e. The van der Waals surface area contributed by atoms with Gasteiger partial charge < -0.3 is 39.1 Å². The first kappa shape index (κ1) is 31.3. The van der Waals surface area contributed by atoms with Gasteiger partial charge in [0, 0.05) is 60.3 Å². The van der Waals surface area contributed by atoms with Gasteiger partial charge in [0.05, 0.1) is 5.41 Å². The van der Waals surface area contributed by atoms with E-state index in [0.717, 1.165) is 25.9 Å². The normalized spacial score (nSPS) is 21.2. The molecule has 2 aromatic carbocycles. The molecular weight excluding hydrogens is 615 g/mol. The molecular formula is C36H47IN4. The molecule has 0 saturated carbocycles. The minimum atomic E-state index is -0.0215. The summed E-state index contributed by atoms with van der Waals surface area (Å²) in [5.41, 5.74) is 12.2. The highest BCUT2D eigenvalue weighted by Gasteiger charge is 2.42. The van der Waals surface area contributed by atoms with Crippen molar-refractivity contribution in [2.45, 2.75) is 57.8 Å². The van der Waals surface area contributed by atoms with Crippen LogP contribution in [-0.2, 0) is 10.8 Å². The number of hydrogen-bond acceptors (Lipinski definition) is 3. The van der Waals surface area contributed by atoms with E-state index in [-0.39, 0.29) is 34.8 Å². The average molecular weight is 663 g/mol. The summed E-state index contributed by atoms with van der Waals surface area (Å²) in [5.74, 6) is 0. The molecule has 0 spiro atoms. The summed E-state index contributed by atoms with van der Waals surface area (Å²) in [5, 5.41) is 3.85. The zero-order valence-electron chi connectivity index (χ0n) is 26.2. The summed E-state index contributed by atoms with van der Waals surface area (Å²) in [6.45, 7) is 11.3. The second-order valence-electron chi connectivity index (χ2n) is 12.8. The molecule has 0 aromatic heterocycles. The lowest BCUT2D eigenvalue weighted by Gasteiger charge is -2.26. The van der Waals surface area contributed by atoms with Crippen molar-refractivity contribution >= 4 is 17.1 Å². The highest BCUT2D eigenvalue weighted by molar-refractivity contribution is 6.03. The Hall–Kier alpha value is -2.64. The Labute approximate surface area is 265 Å². The fraction of sp³-hybridized carbons (Fsp3) is 0.417. The van der Waals surface area contributed by atoms with Crippen molar-refractivity contribution in [1.29, 1.82) is 0 Å². The highest BCUT2D eigenvalue weighted by atomic mass is 127. The number of benzene rings is 2. The molecule has 2 aromatic rings. The molecule has 1 aliphatic carbocycles. The summed E-state index contributed by atoms with van der Waals surface area (Å²) in [4.78, 5) is 4.61. The van der Waals surface area contributed by atoms with E-state index in [2.05, 4.69) is 148 Å². The molecule has 0 bridgehead atoms. The minimum absolute atomic E-state index is 0. The molecule has 0 atom stereocenters. The van der Waals surface area contributed by atoms with Gasteiger partial charge in [0.2, 0.25) is 5.69 Å². The predicted octanol–water partition coefficient (Wildman–Crippen LogP) is 4.08. The zero-order valence-corrected chi connectivity index (χ0v) is 28.3. The maximum Gasteiger partial charge on any atom is 0.209 e. The van der Waals surface area contributed by atoms with Gasteiger partial charge in [-0.15, -0.1) is 0 Å². The van der Waals surface area contributed by atoms with Crippen LogP contribution in [0.25, 0.3) is 0 Å². The van der Waals surface area contributed by atoms with Gasteiger partial charge in [-0.1, -0.05) is 62.4 Å². The maximum absolute atomic E-state index is 3.85. The lowest BCUT2D eigenvalue weighted by atomic mass is 9.81. The molecule has 0 saturated heterocycles. The quantitative estimate of drug-likeness (QED) is 0.357. The fourth-order valence-corrected chi connectivity index (χ4v) is 6.85. The minimum Gasteiger partial charge on any atom is -1.00 e. The standard InChI is InChI=1S/C36H46N4.HI/c1-35(2)28-16-9-11-18-30(28)39(7)32(35)22-20-26-14-13-15-27(34(26)37-24-25-38(5)6)21-23-33-36(3,4)29-17-10-12-19-31(29)40(33)8;/h9-12,16-23H,13-15,24-25H2,1-8H3;1H/b26-20+,32-22+;. The van der Waals surface area contributed by atoms with Crippen LogP contribution in [-0.4, -0.2) is 56.5 Å². The third-order valence-electron chi connectivity index (χ3n) is 9.16. The monoisotopic (exact) mass is 662 g/mol. The van der Waals surface area contributed by atoms with Crippen LogP contribution < -0.4 is 34.2 Å². The van der Waals surface area contributed by atoms with E-state index in [1.54, 1.807) is 0 Å². The summed E-state index contributed by atoms with van der Waals surface area (Å²) in [6, 6.07) is 17.6. The van der Waals surface area contributed by atoms with Crippen LogP contribution in [0.3, 0.4) is 0 Å². The molecule has 4 nitrogen and oxygen atoms in total. The first-order valence-corrected chi connectivity index (χ1v) is 14.8. The van der Waals surface area contributed by atoms with Crippen molar-refractivity contribution in [1.82, 2.24) is 10.2 Å². The van der Waals surface area contributed by atoms with Gasteiger partial charge in [0.25, 0.3) is 0 Å². The summed E-state index contributed by atoms with van der Waals surface area (Å²) < 4.78 is 2.37. The van der Waals surface area contributed by atoms with Crippen molar-refractivity contribution < 1.29 is 28.6 Å². The fourth-order valence-electron chi connectivity index (χ4n) is 6.85. The molecule has 3 aliphatic rings. The van der Waals surface area contributed by atoms with Gasteiger partial charge >= 0.3 is 0 Å². The number of rotatable bonds is 7. The molecule has 2 heterocycles. The van der Waals surface area contributed by atoms with Crippen molar-refractivity contribution in [3.8, 4) is 0 Å². The van der Waals surface area contributed by atoms with Crippen molar-refractivity contribution in [3.05, 3.63) is 107 Å². The molecule has 0 unspecified atom stereocenters. The average Bonchev–Trinajstić information content (AvgIpc) is 3.24. The lowest BCUT2D eigenvalue weighted by molar-refractivity contribution is -0.401. The van der Waals surface area contributed by atoms with Crippen LogP contribution >= 0.6 is 0 Å². The van der Waals surface area contributed by atoms with Crippen LogP contribution in [0.2, 0.25) is 0 Å². The van der Waals surface area contributed by atoms with Crippen LogP contribution in [0.5, 0.6) is 0 Å². The number of halogens is 1. The number of allylic oxidation sites excluding steroid dienone is 7. The Kier molecular flexibility index (Phi) is 9.39. The Morgan fingerprint density at radius 1 is 0.902 bits per heavy atom. The number of nitrogens with one attached hydrogen (secondary N) is 1. The number of hydrogen-bond donors (Lipinski definition) is 1. The number of fused-ring (bicyclic) bond motifs is 2. The SMILES string of the molecule is CN(C)CCNC1=C(/C=C/C2=[N+](C)c3ccccc3C2(C)C)CCC/C1=C\C=C1\N(C)c2ccccc2C1(C)C.[I-]. The van der Waals surface area contributed by atoms with E-state index in [1.165, 1.54) is 57.2 Å². The van der Waals surface area contributed by atoms with Crippen LogP contribution in [0.1, 0.15) is 58.1 Å². The van der Waals surface area contributed by atoms with E-state index >= 15 is 0 Å². The molecule has 218 valence electrons. The molecule has 1 N–H and O–H groups in total. The van der Waals surface area contributed by atoms with Crippen molar-refractivity contribution in [2.24, 2.45) is 0 Å². The Balaban J connectivity index is 0.00000387. The largest absolute Gasteiger partial charge is 1.00 e. The molecule has 41 heavy (non-hydrogen) atoms. The van der Waals surface area contributed by atoms with Crippen LogP contribution in [0.15, 0.2) is 95.4 Å². The third kappa shape index (κ3) is 5.85. The lowest BCUT2D eigenvalue weighted by Crippen LogP contribution is -3.00. The van der Waals surface area contributed by atoms with E-state index in [0.29, 0.717) is 0 Å². The van der Waals surface area contributed by atoms with Gasteiger partial charge in [-0.05, 0) is 76.1 Å². The van der Waals surface area contributed by atoms with Gasteiger partial charge in [-0.25, -0.2) is 0 Å². The van der Waals surface area contributed by atoms with E-state index < -0.39 is 0 Å². The van der Waals surface area contributed by atoms with Gasteiger partial charge in [0.1, 0.15) is 7.05 Å². The summed E-state index contributed by atoms with van der Waals surface area (Å²) in [7, 11) is 8.68. The Bertz CT molecular complexity index is 1450. The van der Waals surface area contributed by atoms with Crippen LogP contribution in [0, 0.1) is 0 Å². The first-order chi connectivity index (χ1) is 19.0. The zero-order chi connectivity index (χ0) is 28.7. The molecule has 0 fully saturated rings. The van der Waals surface area contributed by atoms with Crippen LogP contribution in [0.4, 0.5) is 11.4 Å². The maximum atomic E-state index is 3.85. The third-order valence-corrected chi connectivity index (χ3v) is 9.16. The van der Waals surface area contributed by atoms with E-state index in [9.17, 15) is 0 Å². The topological polar surface area (TPSA) is 21.5 Å². The molecule has 5 heteroatoms.